The van der Waals surface area contributed by atoms with Crippen LogP contribution in [0.3, 0.4) is 0 Å². The lowest BCUT2D eigenvalue weighted by molar-refractivity contribution is -0.384. The van der Waals surface area contributed by atoms with E-state index in [1.54, 1.807) is 0 Å². The maximum absolute atomic E-state index is 12.0. The van der Waals surface area contributed by atoms with Gasteiger partial charge in [0.1, 0.15) is 0 Å². The Kier molecular flexibility index (Phi) is 3.62. The molecule has 0 fully saturated rings. The summed E-state index contributed by atoms with van der Waals surface area (Å²) < 4.78 is 14.3. The molecule has 1 rings (SSSR count). The normalized spacial score (nSPS) is 9.73. The Labute approximate surface area is 89.8 Å². The average Bonchev–Trinajstić information content (AvgIpc) is 2.18. The largest absolute Gasteiger partial charge is 0.305 e. The van der Waals surface area contributed by atoms with E-state index in [9.17, 15) is 14.0 Å². The molecule has 0 spiro atoms. The third-order valence-corrected chi connectivity index (χ3v) is 2.06. The van der Waals surface area contributed by atoms with Crippen LogP contribution in [0.15, 0.2) is 18.2 Å². The summed E-state index contributed by atoms with van der Waals surface area (Å²) >= 11 is -0.116. The Bertz CT molecular complexity index is 411. The monoisotopic (exact) mass is 229 g/mol. The summed E-state index contributed by atoms with van der Waals surface area (Å²) in [6, 6.07) is 3.87. The van der Waals surface area contributed by atoms with E-state index in [2.05, 4.69) is 4.72 Å². The van der Waals surface area contributed by atoms with Crippen molar-refractivity contribution in [1.82, 2.24) is 0 Å². The number of nitro benzene ring substituents is 1. The molecule has 0 atom stereocenters. The fourth-order valence-corrected chi connectivity index (χ4v) is 1.35. The van der Waals surface area contributed by atoms with Crippen molar-refractivity contribution in [2.45, 2.75) is 6.92 Å². The molecule has 0 radical (unpaired) electrons. The predicted octanol–water partition coefficient (Wildman–Crippen LogP) is 2.93. The summed E-state index contributed by atoms with van der Waals surface area (Å²) in [5.74, 6) is 0. The first kappa shape index (κ1) is 11.4. The van der Waals surface area contributed by atoms with Crippen molar-refractivity contribution in [3.8, 4) is 0 Å². The number of hydrogen-bond acceptors (Lipinski definition) is 5. The first-order valence-electron chi connectivity index (χ1n) is 3.94. The van der Waals surface area contributed by atoms with E-state index in [4.69, 9.17) is 5.41 Å². The van der Waals surface area contributed by atoms with Crippen LogP contribution in [0.25, 0.3) is 0 Å². The molecule has 0 saturated carbocycles. The maximum Gasteiger partial charge on any atom is 0.270 e. The Morgan fingerprint density at radius 1 is 1.67 bits per heavy atom. The van der Waals surface area contributed by atoms with Crippen LogP contribution in [0, 0.1) is 15.5 Å². The molecular formula is C8H8FN3O2S. The summed E-state index contributed by atoms with van der Waals surface area (Å²) in [5, 5.41) is 17.9. The number of nitro groups is 1. The van der Waals surface area contributed by atoms with Crippen LogP contribution >= 0.6 is 12.3 Å². The minimum atomic E-state index is -0.557. The number of hydrogen-bond donors (Lipinski definition) is 2. The van der Waals surface area contributed by atoms with Gasteiger partial charge in [0.2, 0.25) is 0 Å². The molecule has 1 aromatic carbocycles. The number of nitrogens with zero attached hydrogens (tertiary/aromatic N) is 1. The van der Waals surface area contributed by atoms with Crippen LogP contribution in [0.4, 0.5) is 15.3 Å². The second-order valence-corrected chi connectivity index (χ2v) is 3.15. The molecule has 0 heterocycles. The highest BCUT2D eigenvalue weighted by atomic mass is 32.2. The number of rotatable bonds is 4. The molecule has 80 valence electrons. The molecule has 0 aromatic heterocycles. The lowest BCUT2D eigenvalue weighted by Crippen LogP contribution is -2.00. The first-order chi connectivity index (χ1) is 7.06. The topological polar surface area (TPSA) is 79.0 Å². The highest BCUT2D eigenvalue weighted by molar-refractivity contribution is 7.95. The van der Waals surface area contributed by atoms with E-state index in [1.165, 1.54) is 25.1 Å². The minimum Gasteiger partial charge on any atom is -0.305 e. The number of non-ortho nitro benzene ring substituents is 1. The van der Waals surface area contributed by atoms with Crippen molar-refractivity contribution in [3.63, 3.8) is 0 Å². The Hall–Kier alpha value is -1.63. The van der Waals surface area contributed by atoms with Gasteiger partial charge in [0.25, 0.3) is 5.69 Å². The van der Waals surface area contributed by atoms with E-state index < -0.39 is 4.92 Å². The van der Waals surface area contributed by atoms with E-state index >= 15 is 0 Å². The lowest BCUT2D eigenvalue weighted by atomic mass is 10.1. The summed E-state index contributed by atoms with van der Waals surface area (Å²) in [6.07, 6.45) is 0. The third kappa shape index (κ3) is 2.66. The zero-order valence-electron chi connectivity index (χ0n) is 7.78. The van der Waals surface area contributed by atoms with Crippen LogP contribution in [0.2, 0.25) is 0 Å². The lowest BCUT2D eigenvalue weighted by Gasteiger charge is -2.06. The van der Waals surface area contributed by atoms with E-state index in [0.29, 0.717) is 11.3 Å². The minimum absolute atomic E-state index is 0.116. The first-order valence-corrected chi connectivity index (χ1v) is 4.65. The van der Waals surface area contributed by atoms with Gasteiger partial charge in [-0.1, -0.05) is 0 Å². The molecule has 1 aromatic rings. The fourth-order valence-electron chi connectivity index (χ4n) is 1.09. The molecule has 0 aliphatic rings. The number of benzene rings is 1. The fraction of sp³-hybridized carbons (Fsp3) is 0.125. The molecule has 0 amide bonds. The Morgan fingerprint density at radius 3 is 2.80 bits per heavy atom. The number of halogens is 1. The Balaban J connectivity index is 3.20. The highest BCUT2D eigenvalue weighted by Crippen LogP contribution is 2.24. The third-order valence-electron chi connectivity index (χ3n) is 1.77. The van der Waals surface area contributed by atoms with Gasteiger partial charge in [0.15, 0.2) is 12.3 Å². The number of nitrogens with one attached hydrogen (secondary N) is 2. The Morgan fingerprint density at radius 2 is 2.33 bits per heavy atom. The van der Waals surface area contributed by atoms with E-state index in [-0.39, 0.29) is 23.7 Å². The summed E-state index contributed by atoms with van der Waals surface area (Å²) in [5.41, 5.74) is 0.677. The zero-order valence-corrected chi connectivity index (χ0v) is 8.60. The smallest absolute Gasteiger partial charge is 0.270 e. The second-order valence-electron chi connectivity index (χ2n) is 2.79. The quantitative estimate of drug-likeness (QED) is 0.360. The predicted molar refractivity (Wildman–Crippen MR) is 57.9 cm³/mol. The van der Waals surface area contributed by atoms with Crippen molar-refractivity contribution >= 4 is 29.4 Å². The van der Waals surface area contributed by atoms with Gasteiger partial charge in [-0.05, 0) is 13.0 Å². The summed E-state index contributed by atoms with van der Waals surface area (Å²) in [4.78, 5) is 9.92. The van der Waals surface area contributed by atoms with Gasteiger partial charge in [-0.2, -0.15) is 0 Å². The van der Waals surface area contributed by atoms with E-state index in [1.807, 2.05) is 0 Å². The number of anilines is 1. The molecular weight excluding hydrogens is 221 g/mol. The standard InChI is InChI=1S/C8H8FN3O2S/c1-5(10)7-4-6(12(13)14)2-3-8(7)11-15-9/h2-4,10-11H,1H3. The van der Waals surface area contributed by atoms with Crippen LogP contribution in [-0.4, -0.2) is 10.6 Å². The molecule has 5 nitrogen and oxygen atoms in total. The van der Waals surface area contributed by atoms with Crippen molar-refractivity contribution in [3.05, 3.63) is 33.9 Å². The SMILES string of the molecule is CC(=N)c1cc([N+](=O)[O-])ccc1NSF. The average molecular weight is 229 g/mol. The van der Waals surface area contributed by atoms with Crippen LogP contribution < -0.4 is 4.72 Å². The van der Waals surface area contributed by atoms with Gasteiger partial charge in [-0.25, -0.2) is 0 Å². The van der Waals surface area contributed by atoms with Gasteiger partial charge in [-0.3, -0.25) is 10.1 Å². The van der Waals surface area contributed by atoms with Gasteiger partial charge in [-0.15, -0.1) is 3.89 Å². The van der Waals surface area contributed by atoms with Gasteiger partial charge in [0, 0.05) is 23.4 Å². The van der Waals surface area contributed by atoms with E-state index in [0.717, 1.165) is 0 Å². The summed E-state index contributed by atoms with van der Waals surface area (Å²) in [7, 11) is 0. The van der Waals surface area contributed by atoms with Crippen molar-refractivity contribution in [2.24, 2.45) is 0 Å². The second kappa shape index (κ2) is 4.74. The van der Waals surface area contributed by atoms with Crippen LogP contribution in [0.1, 0.15) is 12.5 Å². The molecule has 0 saturated heterocycles. The molecule has 15 heavy (non-hydrogen) atoms. The maximum atomic E-state index is 12.0. The molecule has 0 aliphatic heterocycles. The molecule has 0 bridgehead atoms. The van der Waals surface area contributed by atoms with Crippen molar-refractivity contribution in [1.29, 1.82) is 5.41 Å². The molecule has 0 aliphatic carbocycles. The van der Waals surface area contributed by atoms with Gasteiger partial charge in [0.05, 0.1) is 10.6 Å². The van der Waals surface area contributed by atoms with Crippen LogP contribution in [0.5, 0.6) is 0 Å². The zero-order chi connectivity index (χ0) is 11.4. The summed E-state index contributed by atoms with van der Waals surface area (Å²) in [6.45, 7) is 1.48. The highest BCUT2D eigenvalue weighted by Gasteiger charge is 2.11. The van der Waals surface area contributed by atoms with Gasteiger partial charge < -0.3 is 10.1 Å². The molecule has 7 heteroatoms. The van der Waals surface area contributed by atoms with Gasteiger partial charge >= 0.3 is 0 Å². The van der Waals surface area contributed by atoms with Crippen LogP contribution in [-0.2, 0) is 0 Å². The molecule has 0 unspecified atom stereocenters. The van der Waals surface area contributed by atoms with Crippen molar-refractivity contribution < 1.29 is 8.81 Å². The van der Waals surface area contributed by atoms with Crippen molar-refractivity contribution in [2.75, 3.05) is 4.72 Å². The molecule has 2 N–H and O–H groups in total.